The smallest absolute Gasteiger partial charge is 0.411 e. The highest BCUT2D eigenvalue weighted by molar-refractivity contribution is 7.15. The second kappa shape index (κ2) is 8.28. The number of rotatable bonds is 5. The fraction of sp³-hybridized carbons (Fsp3) is 0.261. The number of aryl methyl sites for hydroxylation is 4. The molecule has 0 aliphatic carbocycles. The van der Waals surface area contributed by atoms with Crippen LogP contribution in [0.1, 0.15) is 28.6 Å². The zero-order valence-electron chi connectivity index (χ0n) is 17.5. The van der Waals surface area contributed by atoms with E-state index in [-0.39, 0.29) is 6.61 Å². The summed E-state index contributed by atoms with van der Waals surface area (Å²) < 4.78 is 7.36. The summed E-state index contributed by atoms with van der Waals surface area (Å²) in [4.78, 5) is 17.9. The average molecular weight is 421 g/mol. The van der Waals surface area contributed by atoms with E-state index < -0.39 is 6.09 Å². The van der Waals surface area contributed by atoms with E-state index in [9.17, 15) is 4.79 Å². The first-order chi connectivity index (χ1) is 14.4. The second-order valence-corrected chi connectivity index (χ2v) is 8.36. The topological polar surface area (TPSA) is 69.0 Å². The number of nitrogens with one attached hydrogen (secondary N) is 1. The van der Waals surface area contributed by atoms with Gasteiger partial charge in [0.25, 0.3) is 0 Å². The molecule has 154 valence electrons. The molecule has 2 aromatic carbocycles. The number of thiazole rings is 1. The highest BCUT2D eigenvalue weighted by Gasteiger charge is 2.14. The number of benzene rings is 2. The molecule has 2 heterocycles. The van der Waals surface area contributed by atoms with Gasteiger partial charge in [-0.25, -0.2) is 9.78 Å². The summed E-state index contributed by atoms with van der Waals surface area (Å²) >= 11 is 1.56. The Morgan fingerprint density at radius 2 is 2.00 bits per heavy atom. The maximum atomic E-state index is 12.3. The predicted octanol–water partition coefficient (Wildman–Crippen LogP) is 5.85. The molecule has 0 aliphatic heterocycles. The van der Waals surface area contributed by atoms with Crippen molar-refractivity contribution in [3.05, 3.63) is 64.3 Å². The minimum Gasteiger partial charge on any atom is -0.444 e. The number of nitrogens with zero attached hydrogens (tertiary/aromatic N) is 3. The van der Waals surface area contributed by atoms with Crippen molar-refractivity contribution in [3.8, 4) is 10.6 Å². The minimum atomic E-state index is -0.488. The molecule has 7 heteroatoms. The monoisotopic (exact) mass is 420 g/mol. The van der Waals surface area contributed by atoms with Crippen LogP contribution in [0.25, 0.3) is 21.5 Å². The van der Waals surface area contributed by atoms with Crippen LogP contribution >= 0.6 is 11.3 Å². The Bertz CT molecular complexity index is 1230. The maximum Gasteiger partial charge on any atom is 0.411 e. The van der Waals surface area contributed by atoms with Crippen LogP contribution in [0.15, 0.2) is 42.6 Å². The van der Waals surface area contributed by atoms with Gasteiger partial charge in [0.1, 0.15) is 11.6 Å². The molecule has 6 nitrogen and oxygen atoms in total. The first kappa shape index (κ1) is 20.1. The van der Waals surface area contributed by atoms with Gasteiger partial charge in [-0.2, -0.15) is 5.10 Å². The summed E-state index contributed by atoms with van der Waals surface area (Å²) in [6.45, 7) is 9.15. The van der Waals surface area contributed by atoms with Crippen LogP contribution in [0.2, 0.25) is 0 Å². The van der Waals surface area contributed by atoms with Crippen molar-refractivity contribution < 1.29 is 9.53 Å². The third-order valence-corrected chi connectivity index (χ3v) is 6.19. The molecule has 0 aliphatic rings. The predicted molar refractivity (Wildman–Crippen MR) is 121 cm³/mol. The van der Waals surface area contributed by atoms with Gasteiger partial charge in [-0.1, -0.05) is 23.8 Å². The van der Waals surface area contributed by atoms with E-state index in [0.717, 1.165) is 38.6 Å². The Balaban J connectivity index is 1.42. The molecule has 0 unspecified atom stereocenters. The lowest BCUT2D eigenvalue weighted by molar-refractivity contribution is 0.156. The molecule has 0 spiro atoms. The molecule has 4 aromatic rings. The molecule has 0 bridgehead atoms. The fourth-order valence-corrected chi connectivity index (χ4v) is 4.50. The molecule has 4 rings (SSSR count). The Morgan fingerprint density at radius 1 is 1.17 bits per heavy atom. The minimum absolute atomic E-state index is 0.191. The van der Waals surface area contributed by atoms with E-state index in [4.69, 9.17) is 4.74 Å². The summed E-state index contributed by atoms with van der Waals surface area (Å²) in [5.74, 6) is 0. The SMILES string of the molecule is CCn1ncc2cc(NC(=O)OCc3sc(-c4ccc(C)cc4C)nc3C)ccc21. The fourth-order valence-electron chi connectivity index (χ4n) is 3.43. The number of carbonyl (C=O) groups is 1. The van der Waals surface area contributed by atoms with Crippen LogP contribution in [0.3, 0.4) is 0 Å². The Morgan fingerprint density at radius 3 is 2.77 bits per heavy atom. The summed E-state index contributed by atoms with van der Waals surface area (Å²) in [5.41, 5.74) is 6.14. The lowest BCUT2D eigenvalue weighted by Gasteiger charge is -2.07. The normalized spacial score (nSPS) is 11.1. The van der Waals surface area contributed by atoms with Gasteiger partial charge in [-0.15, -0.1) is 11.3 Å². The lowest BCUT2D eigenvalue weighted by Crippen LogP contribution is -2.13. The molecular weight excluding hydrogens is 396 g/mol. The van der Waals surface area contributed by atoms with E-state index in [1.54, 1.807) is 17.5 Å². The van der Waals surface area contributed by atoms with Crippen LogP contribution < -0.4 is 5.32 Å². The number of carbonyl (C=O) groups excluding carboxylic acids is 1. The van der Waals surface area contributed by atoms with Crippen LogP contribution in [-0.4, -0.2) is 20.9 Å². The van der Waals surface area contributed by atoms with Gasteiger partial charge in [0.2, 0.25) is 0 Å². The number of fused-ring (bicyclic) bond motifs is 1. The molecule has 1 N–H and O–H groups in total. The number of hydrogen-bond donors (Lipinski definition) is 1. The van der Waals surface area contributed by atoms with Crippen molar-refractivity contribution in [1.29, 1.82) is 0 Å². The quantitative estimate of drug-likeness (QED) is 0.439. The Labute approximate surface area is 179 Å². The van der Waals surface area contributed by atoms with Gasteiger partial charge in [-0.05, 0) is 51.5 Å². The van der Waals surface area contributed by atoms with Gasteiger partial charge in [-0.3, -0.25) is 10.00 Å². The molecule has 0 atom stereocenters. The number of anilines is 1. The molecule has 0 saturated carbocycles. The van der Waals surface area contributed by atoms with Gasteiger partial charge in [0, 0.05) is 23.2 Å². The van der Waals surface area contributed by atoms with Crippen molar-refractivity contribution in [2.75, 3.05) is 5.32 Å². The van der Waals surface area contributed by atoms with Crippen molar-refractivity contribution in [1.82, 2.24) is 14.8 Å². The number of ether oxygens (including phenoxy) is 1. The van der Waals surface area contributed by atoms with E-state index in [0.29, 0.717) is 5.69 Å². The van der Waals surface area contributed by atoms with E-state index in [1.807, 2.05) is 36.7 Å². The zero-order chi connectivity index (χ0) is 21.3. The Kier molecular flexibility index (Phi) is 5.55. The largest absolute Gasteiger partial charge is 0.444 e. The van der Waals surface area contributed by atoms with E-state index >= 15 is 0 Å². The summed E-state index contributed by atoms with van der Waals surface area (Å²) in [6.07, 6.45) is 1.31. The van der Waals surface area contributed by atoms with E-state index in [2.05, 4.69) is 47.4 Å². The van der Waals surface area contributed by atoms with Crippen LogP contribution in [0.5, 0.6) is 0 Å². The van der Waals surface area contributed by atoms with Gasteiger partial charge >= 0.3 is 6.09 Å². The van der Waals surface area contributed by atoms with Crippen molar-refractivity contribution >= 4 is 34.0 Å². The molecule has 0 saturated heterocycles. The standard InChI is InChI=1S/C23H24N4O2S/c1-5-27-20-9-7-18(11-17(20)12-24-27)26-23(28)29-13-21-16(4)25-22(30-21)19-8-6-14(2)10-15(19)3/h6-12H,5,13H2,1-4H3,(H,26,28). The number of hydrogen-bond acceptors (Lipinski definition) is 5. The van der Waals surface area contributed by atoms with Crippen LogP contribution in [0, 0.1) is 20.8 Å². The number of aromatic nitrogens is 3. The molecule has 0 radical (unpaired) electrons. The Hall–Kier alpha value is -3.19. The first-order valence-corrected chi connectivity index (χ1v) is 10.7. The third-order valence-electron chi connectivity index (χ3n) is 5.03. The van der Waals surface area contributed by atoms with Crippen molar-refractivity contribution in [2.24, 2.45) is 0 Å². The summed E-state index contributed by atoms with van der Waals surface area (Å²) in [7, 11) is 0. The van der Waals surface area contributed by atoms with Crippen LogP contribution in [0.4, 0.5) is 10.5 Å². The second-order valence-electron chi connectivity index (χ2n) is 7.28. The van der Waals surface area contributed by atoms with Crippen LogP contribution in [-0.2, 0) is 17.9 Å². The highest BCUT2D eigenvalue weighted by atomic mass is 32.1. The van der Waals surface area contributed by atoms with Crippen molar-refractivity contribution in [2.45, 2.75) is 40.8 Å². The molecule has 30 heavy (non-hydrogen) atoms. The lowest BCUT2D eigenvalue weighted by atomic mass is 10.1. The molecule has 0 fully saturated rings. The molecular formula is C23H24N4O2S. The zero-order valence-corrected chi connectivity index (χ0v) is 18.3. The van der Waals surface area contributed by atoms with Gasteiger partial charge in [0.15, 0.2) is 0 Å². The van der Waals surface area contributed by atoms with Gasteiger partial charge < -0.3 is 4.74 Å². The summed E-state index contributed by atoms with van der Waals surface area (Å²) in [5, 5.41) is 9.04. The summed E-state index contributed by atoms with van der Waals surface area (Å²) in [6, 6.07) is 12.0. The maximum absolute atomic E-state index is 12.3. The van der Waals surface area contributed by atoms with Crippen molar-refractivity contribution in [3.63, 3.8) is 0 Å². The third kappa shape index (κ3) is 4.07. The first-order valence-electron chi connectivity index (χ1n) is 9.88. The average Bonchev–Trinajstić information content (AvgIpc) is 3.29. The number of amides is 1. The van der Waals surface area contributed by atoms with E-state index in [1.165, 1.54) is 11.1 Å². The molecule has 2 aromatic heterocycles. The molecule has 1 amide bonds. The van der Waals surface area contributed by atoms with Gasteiger partial charge in [0.05, 0.1) is 22.3 Å². The highest BCUT2D eigenvalue weighted by Crippen LogP contribution is 2.31.